The molecular weight excluding hydrogens is 340 g/mol. The lowest BCUT2D eigenvalue weighted by molar-refractivity contribution is -0.129. The van der Waals surface area contributed by atoms with Crippen molar-refractivity contribution in [2.75, 3.05) is 21.3 Å². The van der Waals surface area contributed by atoms with Crippen LogP contribution in [0.25, 0.3) is 10.8 Å². The highest BCUT2D eigenvalue weighted by molar-refractivity contribution is 6.21. The summed E-state index contributed by atoms with van der Waals surface area (Å²) in [6, 6.07) is 18.0. The van der Waals surface area contributed by atoms with E-state index in [2.05, 4.69) is 23.3 Å². The van der Waals surface area contributed by atoms with Crippen LogP contribution in [0.15, 0.2) is 59.7 Å². The van der Waals surface area contributed by atoms with Crippen LogP contribution in [-0.4, -0.2) is 37.9 Å². The molecule has 27 heavy (non-hydrogen) atoms. The van der Waals surface area contributed by atoms with E-state index in [9.17, 15) is 4.79 Å². The molecule has 0 fully saturated rings. The van der Waals surface area contributed by atoms with Crippen LogP contribution >= 0.6 is 0 Å². The van der Waals surface area contributed by atoms with Gasteiger partial charge in [0.2, 0.25) is 5.91 Å². The van der Waals surface area contributed by atoms with Gasteiger partial charge in [0.05, 0.1) is 26.4 Å². The molecule has 0 saturated heterocycles. The Morgan fingerprint density at radius 1 is 0.926 bits per heavy atom. The predicted octanol–water partition coefficient (Wildman–Crippen LogP) is 3.62. The predicted molar refractivity (Wildman–Crippen MR) is 106 cm³/mol. The fourth-order valence-electron chi connectivity index (χ4n) is 3.46. The Kier molecular flexibility index (Phi) is 4.28. The van der Waals surface area contributed by atoms with Gasteiger partial charge in [0, 0.05) is 18.2 Å². The second-order valence-corrected chi connectivity index (χ2v) is 6.43. The van der Waals surface area contributed by atoms with E-state index in [1.165, 1.54) is 5.01 Å². The minimum absolute atomic E-state index is 0.0706. The highest BCUT2D eigenvalue weighted by Crippen LogP contribution is 2.34. The summed E-state index contributed by atoms with van der Waals surface area (Å²) in [4.78, 5) is 12.5. The lowest BCUT2D eigenvalue weighted by atomic mass is 9.92. The highest BCUT2D eigenvalue weighted by atomic mass is 16.5. The molecule has 0 radical (unpaired) electrons. The largest absolute Gasteiger partial charge is 0.493 e. The van der Waals surface area contributed by atoms with Crippen molar-refractivity contribution in [3.63, 3.8) is 0 Å². The quantitative estimate of drug-likeness (QED) is 0.717. The first-order valence-corrected chi connectivity index (χ1v) is 8.71. The van der Waals surface area contributed by atoms with Crippen LogP contribution < -0.4 is 9.47 Å². The van der Waals surface area contributed by atoms with Crippen molar-refractivity contribution in [1.82, 2.24) is 5.01 Å². The summed E-state index contributed by atoms with van der Waals surface area (Å²) in [7, 11) is 4.88. The maximum absolute atomic E-state index is 12.5. The molecule has 1 aliphatic heterocycles. The third kappa shape index (κ3) is 2.91. The van der Waals surface area contributed by atoms with Crippen LogP contribution in [0.3, 0.4) is 0 Å². The van der Waals surface area contributed by atoms with Crippen LogP contribution in [0, 0.1) is 0 Å². The van der Waals surface area contributed by atoms with Crippen LogP contribution in [0.2, 0.25) is 0 Å². The Morgan fingerprint density at radius 2 is 1.63 bits per heavy atom. The Bertz CT molecular complexity index is 1070. The number of hydrogen-bond donors (Lipinski definition) is 0. The van der Waals surface area contributed by atoms with Crippen LogP contribution in [-0.2, 0) is 11.2 Å². The van der Waals surface area contributed by atoms with Crippen molar-refractivity contribution < 1.29 is 14.3 Å². The zero-order chi connectivity index (χ0) is 19.0. The Hall–Kier alpha value is -3.34. The maximum Gasteiger partial charge on any atom is 0.246 e. The molecule has 136 valence electrons. The molecule has 3 aromatic rings. The van der Waals surface area contributed by atoms with Crippen molar-refractivity contribution in [2.45, 2.75) is 6.42 Å². The molecule has 1 heterocycles. The number of nitrogens with zero attached hydrogens (tertiary/aromatic N) is 2. The SMILES string of the molecule is COc1cc2c(cc1OC)C(c1cccc3ccccc13)=NN(C)C(=O)C2. The molecule has 0 bridgehead atoms. The standard InChI is InChI=1S/C22H20N2O3/c1-24-21(25)12-15-11-19(26-2)20(27-3)13-18(15)22(23-24)17-10-6-8-14-7-4-5-9-16(14)17/h4-11,13H,12H2,1-3H3. The Balaban J connectivity index is 2.02. The summed E-state index contributed by atoms with van der Waals surface area (Å²) in [6.07, 6.45) is 0.254. The summed E-state index contributed by atoms with van der Waals surface area (Å²) in [5, 5.41) is 8.27. The smallest absolute Gasteiger partial charge is 0.246 e. The lowest BCUT2D eigenvalue weighted by Gasteiger charge is -2.15. The number of methoxy groups -OCH3 is 2. The number of amides is 1. The van der Waals surface area contributed by atoms with Gasteiger partial charge in [-0.2, -0.15) is 5.10 Å². The van der Waals surface area contributed by atoms with E-state index in [0.29, 0.717) is 11.5 Å². The molecule has 0 spiro atoms. The first kappa shape index (κ1) is 17.1. The second kappa shape index (κ2) is 6.76. The van der Waals surface area contributed by atoms with Crippen molar-refractivity contribution in [2.24, 2.45) is 5.10 Å². The molecule has 0 aromatic heterocycles. The molecule has 3 aromatic carbocycles. The minimum atomic E-state index is -0.0706. The zero-order valence-electron chi connectivity index (χ0n) is 15.5. The third-order valence-electron chi connectivity index (χ3n) is 4.86. The molecule has 1 aliphatic rings. The fourth-order valence-corrected chi connectivity index (χ4v) is 3.46. The number of ether oxygens (including phenoxy) is 2. The molecule has 1 amide bonds. The van der Waals surface area contributed by atoms with Gasteiger partial charge in [-0.3, -0.25) is 4.79 Å². The van der Waals surface area contributed by atoms with Gasteiger partial charge in [-0.25, -0.2) is 5.01 Å². The highest BCUT2D eigenvalue weighted by Gasteiger charge is 2.25. The van der Waals surface area contributed by atoms with E-state index in [1.54, 1.807) is 21.3 Å². The molecule has 0 atom stereocenters. The number of benzene rings is 3. The number of hydrogen-bond acceptors (Lipinski definition) is 4. The molecule has 5 heteroatoms. The van der Waals surface area contributed by atoms with Crippen molar-refractivity contribution >= 4 is 22.4 Å². The summed E-state index contributed by atoms with van der Waals surface area (Å²) in [6.45, 7) is 0. The fraction of sp³-hybridized carbons (Fsp3) is 0.182. The van der Waals surface area contributed by atoms with Crippen molar-refractivity contribution in [3.8, 4) is 11.5 Å². The van der Waals surface area contributed by atoms with E-state index in [1.807, 2.05) is 36.4 Å². The van der Waals surface area contributed by atoms with Crippen LogP contribution in [0.5, 0.6) is 11.5 Å². The average molecular weight is 360 g/mol. The van der Waals surface area contributed by atoms with E-state index in [-0.39, 0.29) is 12.3 Å². The molecular formula is C22H20N2O3. The van der Waals surface area contributed by atoms with E-state index in [0.717, 1.165) is 33.2 Å². The number of likely N-dealkylation sites (N-methyl/N-ethyl adjacent to an activating group) is 1. The first-order chi connectivity index (χ1) is 13.1. The van der Waals surface area contributed by atoms with Crippen LogP contribution in [0.1, 0.15) is 16.7 Å². The van der Waals surface area contributed by atoms with Crippen molar-refractivity contribution in [1.29, 1.82) is 0 Å². The van der Waals surface area contributed by atoms with Gasteiger partial charge in [0.25, 0.3) is 0 Å². The normalized spacial score (nSPS) is 13.8. The molecule has 0 N–H and O–H groups in total. The second-order valence-electron chi connectivity index (χ2n) is 6.43. The van der Waals surface area contributed by atoms with E-state index in [4.69, 9.17) is 9.47 Å². The molecule has 0 saturated carbocycles. The summed E-state index contributed by atoms with van der Waals surface area (Å²) in [5.41, 5.74) is 3.47. The molecule has 0 unspecified atom stereocenters. The van der Waals surface area contributed by atoms with Gasteiger partial charge in [-0.05, 0) is 28.5 Å². The molecule has 5 nitrogen and oxygen atoms in total. The minimum Gasteiger partial charge on any atom is -0.493 e. The van der Waals surface area contributed by atoms with E-state index >= 15 is 0 Å². The third-order valence-corrected chi connectivity index (χ3v) is 4.86. The van der Waals surface area contributed by atoms with Gasteiger partial charge in [-0.15, -0.1) is 0 Å². The molecule has 4 rings (SSSR count). The van der Waals surface area contributed by atoms with Crippen molar-refractivity contribution in [3.05, 3.63) is 71.3 Å². The van der Waals surface area contributed by atoms with Gasteiger partial charge < -0.3 is 9.47 Å². The summed E-state index contributed by atoms with van der Waals surface area (Å²) < 4.78 is 10.9. The summed E-state index contributed by atoms with van der Waals surface area (Å²) >= 11 is 0. The Labute approximate surface area is 157 Å². The number of fused-ring (bicyclic) bond motifs is 2. The number of carbonyl (C=O) groups is 1. The monoisotopic (exact) mass is 360 g/mol. The van der Waals surface area contributed by atoms with Gasteiger partial charge in [0.15, 0.2) is 11.5 Å². The summed E-state index contributed by atoms with van der Waals surface area (Å²) in [5.74, 6) is 1.14. The maximum atomic E-state index is 12.5. The number of rotatable bonds is 3. The van der Waals surface area contributed by atoms with Gasteiger partial charge in [-0.1, -0.05) is 42.5 Å². The lowest BCUT2D eigenvalue weighted by Crippen LogP contribution is -2.22. The van der Waals surface area contributed by atoms with E-state index < -0.39 is 0 Å². The van der Waals surface area contributed by atoms with Gasteiger partial charge >= 0.3 is 0 Å². The topological polar surface area (TPSA) is 51.1 Å². The number of carbonyl (C=O) groups excluding carboxylic acids is 1. The molecule has 0 aliphatic carbocycles. The van der Waals surface area contributed by atoms with Gasteiger partial charge in [0.1, 0.15) is 0 Å². The zero-order valence-corrected chi connectivity index (χ0v) is 15.5. The Morgan fingerprint density at radius 3 is 2.41 bits per heavy atom. The first-order valence-electron chi connectivity index (χ1n) is 8.71. The van der Waals surface area contributed by atoms with Crippen LogP contribution in [0.4, 0.5) is 0 Å². The number of hydrazone groups is 1. The average Bonchev–Trinajstić information content (AvgIpc) is 2.82.